The van der Waals surface area contributed by atoms with Crippen LogP contribution >= 0.6 is 0 Å². The van der Waals surface area contributed by atoms with E-state index in [0.717, 1.165) is 0 Å². The van der Waals surface area contributed by atoms with E-state index in [1.807, 2.05) is 0 Å². The minimum atomic E-state index is -5.19. The summed E-state index contributed by atoms with van der Waals surface area (Å²) in [5.41, 5.74) is -5.49. The quantitative estimate of drug-likeness (QED) is 0.698. The number of hydrogen-bond donors (Lipinski definition) is 0. The van der Waals surface area contributed by atoms with E-state index in [9.17, 15) is 26.3 Å². The van der Waals surface area contributed by atoms with Crippen LogP contribution in [0.2, 0.25) is 0 Å². The Labute approximate surface area is 101 Å². The molecule has 1 fully saturated rings. The molecule has 0 heterocycles. The van der Waals surface area contributed by atoms with Gasteiger partial charge in [-0.3, -0.25) is 0 Å². The van der Waals surface area contributed by atoms with Gasteiger partial charge in [0.1, 0.15) is 0 Å². The van der Waals surface area contributed by atoms with Crippen molar-refractivity contribution in [1.29, 1.82) is 0 Å². The van der Waals surface area contributed by atoms with Crippen LogP contribution in [-0.2, 0) is 4.74 Å². The summed E-state index contributed by atoms with van der Waals surface area (Å²) in [6.07, 6.45) is 0.180. The summed E-state index contributed by atoms with van der Waals surface area (Å²) in [4.78, 5) is 0. The summed E-state index contributed by atoms with van der Waals surface area (Å²) >= 11 is 0. The normalized spacial score (nSPS) is 38.3. The summed E-state index contributed by atoms with van der Waals surface area (Å²) in [6, 6.07) is 0. The van der Waals surface area contributed by atoms with Gasteiger partial charge < -0.3 is 4.74 Å². The molecule has 0 aliphatic heterocycles. The van der Waals surface area contributed by atoms with E-state index in [0.29, 0.717) is 0 Å². The second kappa shape index (κ2) is 3.77. The highest BCUT2D eigenvalue weighted by Gasteiger charge is 2.98. The maximum atomic E-state index is 14.0. The van der Waals surface area contributed by atoms with Crippen molar-refractivity contribution >= 4 is 0 Å². The van der Waals surface area contributed by atoms with Crippen molar-refractivity contribution in [3.05, 3.63) is 0 Å². The molecule has 108 valence electrons. The third kappa shape index (κ3) is 1.45. The lowest BCUT2D eigenvalue weighted by Gasteiger charge is -2.58. The van der Waals surface area contributed by atoms with Gasteiger partial charge in [-0.1, -0.05) is 13.8 Å². The molecule has 1 aliphatic carbocycles. The van der Waals surface area contributed by atoms with Crippen molar-refractivity contribution in [2.24, 2.45) is 0 Å². The second-order valence-electron chi connectivity index (χ2n) is 5.01. The van der Waals surface area contributed by atoms with Crippen molar-refractivity contribution < 1.29 is 31.1 Å². The molecule has 7 heteroatoms. The molecule has 1 aliphatic rings. The fourth-order valence-electron chi connectivity index (χ4n) is 1.82. The molecule has 0 bridgehead atoms. The summed E-state index contributed by atoms with van der Waals surface area (Å²) in [7, 11) is 0. The van der Waals surface area contributed by atoms with E-state index in [1.54, 1.807) is 0 Å². The average molecular weight is 278 g/mol. The molecule has 0 saturated heterocycles. The van der Waals surface area contributed by atoms with Gasteiger partial charge in [-0.05, 0) is 26.7 Å². The summed E-state index contributed by atoms with van der Waals surface area (Å²) in [6.45, 7) is 4.39. The first kappa shape index (κ1) is 15.6. The fourth-order valence-corrected chi connectivity index (χ4v) is 1.82. The Morgan fingerprint density at radius 3 is 1.56 bits per heavy atom. The van der Waals surface area contributed by atoms with Gasteiger partial charge in [-0.15, -0.1) is 0 Å². The van der Waals surface area contributed by atoms with Crippen LogP contribution in [0.5, 0.6) is 0 Å². The van der Waals surface area contributed by atoms with E-state index < -0.39 is 29.0 Å². The van der Waals surface area contributed by atoms with Crippen LogP contribution < -0.4 is 0 Å². The van der Waals surface area contributed by atoms with Gasteiger partial charge in [0.2, 0.25) is 5.67 Å². The molecule has 1 nitrogen and oxygen atoms in total. The molecule has 0 aromatic carbocycles. The predicted octanol–water partition coefficient (Wildman–Crippen LogP) is 4.26. The Balaban J connectivity index is 3.15. The predicted molar refractivity (Wildman–Crippen MR) is 53.3 cm³/mol. The van der Waals surface area contributed by atoms with Crippen molar-refractivity contribution in [2.45, 2.75) is 69.5 Å². The third-order valence-corrected chi connectivity index (χ3v) is 3.87. The Morgan fingerprint density at radius 1 is 0.889 bits per heavy atom. The molecular formula is C11H16F6O. The molecule has 0 N–H and O–H groups in total. The van der Waals surface area contributed by atoms with Crippen molar-refractivity contribution in [3.63, 3.8) is 0 Å². The van der Waals surface area contributed by atoms with Gasteiger partial charge in [0.05, 0.1) is 5.60 Å². The highest BCUT2D eigenvalue weighted by molar-refractivity contribution is 5.26. The molecule has 1 saturated carbocycles. The average Bonchev–Trinajstić information content (AvgIpc) is 2.27. The molecule has 18 heavy (non-hydrogen) atoms. The van der Waals surface area contributed by atoms with Crippen LogP contribution in [0.25, 0.3) is 0 Å². The first-order chi connectivity index (χ1) is 7.83. The van der Waals surface area contributed by atoms with Gasteiger partial charge in [0.25, 0.3) is 0 Å². The minimum Gasteiger partial charge on any atom is -0.332 e. The van der Waals surface area contributed by atoms with Crippen LogP contribution in [0.1, 0.15) is 40.5 Å². The van der Waals surface area contributed by atoms with Crippen LogP contribution in [0.15, 0.2) is 0 Å². The van der Waals surface area contributed by atoms with E-state index in [1.165, 1.54) is 20.8 Å². The zero-order valence-corrected chi connectivity index (χ0v) is 10.6. The highest BCUT2D eigenvalue weighted by atomic mass is 19.3. The van der Waals surface area contributed by atoms with Crippen LogP contribution in [0.4, 0.5) is 26.3 Å². The number of hydrogen-bond acceptors (Lipinski definition) is 1. The maximum absolute atomic E-state index is 14.0. The van der Waals surface area contributed by atoms with Gasteiger partial charge in [-0.25, -0.2) is 8.78 Å². The Morgan fingerprint density at radius 2 is 1.28 bits per heavy atom. The Kier molecular flexibility index (Phi) is 3.27. The van der Waals surface area contributed by atoms with Crippen molar-refractivity contribution in [1.82, 2.24) is 0 Å². The van der Waals surface area contributed by atoms with Gasteiger partial charge >= 0.3 is 17.7 Å². The van der Waals surface area contributed by atoms with Crippen molar-refractivity contribution in [2.75, 3.05) is 0 Å². The minimum absolute atomic E-state index is 0.0902. The number of rotatable bonds is 4. The number of alkyl halides is 6. The summed E-state index contributed by atoms with van der Waals surface area (Å²) < 4.78 is 84.3. The van der Waals surface area contributed by atoms with E-state index in [-0.39, 0.29) is 19.8 Å². The molecule has 0 radical (unpaired) electrons. The molecule has 0 amide bonds. The van der Waals surface area contributed by atoms with E-state index in [4.69, 9.17) is 0 Å². The number of ether oxygens (including phenoxy) is 1. The maximum Gasteiger partial charge on any atom is 0.374 e. The molecule has 0 aromatic heterocycles. The largest absolute Gasteiger partial charge is 0.374 e. The Bertz CT molecular complexity index is 316. The molecule has 0 spiro atoms. The standard InChI is InChI=1S/C11H16F6O/c1-5-7(3,6-2)18-11(17)8(4,12)9(13,14)10(11,15)16/h5-6H2,1-4H3. The van der Waals surface area contributed by atoms with Crippen LogP contribution in [0, 0.1) is 0 Å². The summed E-state index contributed by atoms with van der Waals surface area (Å²) in [5.74, 6) is -14.6. The molecular weight excluding hydrogens is 262 g/mol. The zero-order valence-electron chi connectivity index (χ0n) is 10.6. The van der Waals surface area contributed by atoms with E-state index >= 15 is 0 Å². The molecule has 0 aromatic rings. The first-order valence-corrected chi connectivity index (χ1v) is 5.66. The van der Waals surface area contributed by atoms with Gasteiger partial charge in [-0.2, -0.15) is 17.6 Å². The number of halogens is 6. The lowest BCUT2D eigenvalue weighted by Crippen LogP contribution is -2.86. The molecule has 2 atom stereocenters. The van der Waals surface area contributed by atoms with Crippen molar-refractivity contribution in [3.8, 4) is 0 Å². The smallest absolute Gasteiger partial charge is 0.332 e. The monoisotopic (exact) mass is 278 g/mol. The SMILES string of the molecule is CCC(C)(CC)OC1(F)C(C)(F)C(F)(F)C1(F)F. The Hall–Kier alpha value is -0.460. The van der Waals surface area contributed by atoms with Crippen LogP contribution in [0.3, 0.4) is 0 Å². The fraction of sp³-hybridized carbons (Fsp3) is 1.00. The second-order valence-corrected chi connectivity index (χ2v) is 5.01. The summed E-state index contributed by atoms with van der Waals surface area (Å²) in [5, 5.41) is 0. The third-order valence-electron chi connectivity index (χ3n) is 3.87. The molecule has 2 unspecified atom stereocenters. The zero-order chi connectivity index (χ0) is 14.6. The van der Waals surface area contributed by atoms with Crippen LogP contribution in [-0.4, -0.2) is 29.0 Å². The highest BCUT2D eigenvalue weighted by Crippen LogP contribution is 2.69. The topological polar surface area (TPSA) is 9.23 Å². The lowest BCUT2D eigenvalue weighted by atomic mass is 9.69. The van der Waals surface area contributed by atoms with Gasteiger partial charge in [0, 0.05) is 0 Å². The lowest BCUT2D eigenvalue weighted by molar-refractivity contribution is -0.510. The molecule has 1 rings (SSSR count). The first-order valence-electron chi connectivity index (χ1n) is 5.66. The van der Waals surface area contributed by atoms with Gasteiger partial charge in [0.15, 0.2) is 0 Å². The van der Waals surface area contributed by atoms with E-state index in [2.05, 4.69) is 4.74 Å².